The minimum Gasteiger partial charge on any atom is -0.492 e. The van der Waals surface area contributed by atoms with E-state index in [2.05, 4.69) is 44.9 Å². The van der Waals surface area contributed by atoms with E-state index >= 15 is 0 Å². The van der Waals surface area contributed by atoms with Crippen LogP contribution in [0.3, 0.4) is 0 Å². The van der Waals surface area contributed by atoms with Crippen molar-refractivity contribution in [1.82, 2.24) is 10.3 Å². The van der Waals surface area contributed by atoms with Crippen LogP contribution in [0.1, 0.15) is 46.6 Å². The van der Waals surface area contributed by atoms with Crippen molar-refractivity contribution in [2.24, 2.45) is 5.92 Å². The Morgan fingerprint density at radius 2 is 2.06 bits per heavy atom. The summed E-state index contributed by atoms with van der Waals surface area (Å²) in [6, 6.07) is 2.02. The number of nitrogens with zero attached hydrogens (tertiary/aromatic N) is 1. The quantitative estimate of drug-likeness (QED) is 0.840. The first-order chi connectivity index (χ1) is 8.38. The highest BCUT2D eigenvalue weighted by atomic mass is 16.5. The number of hydrogen-bond donors (Lipinski definition) is 1. The van der Waals surface area contributed by atoms with Crippen molar-refractivity contribution in [3.8, 4) is 5.75 Å². The molecular weight excluding hydrogens is 224 g/mol. The van der Waals surface area contributed by atoms with Gasteiger partial charge in [0, 0.05) is 23.8 Å². The van der Waals surface area contributed by atoms with E-state index in [9.17, 15) is 0 Å². The zero-order valence-corrected chi connectivity index (χ0v) is 12.3. The summed E-state index contributed by atoms with van der Waals surface area (Å²) in [5, 5.41) is 3.47. The average molecular weight is 250 g/mol. The topological polar surface area (TPSA) is 34.1 Å². The Bertz CT molecular complexity index is 356. The molecule has 3 nitrogen and oxygen atoms in total. The maximum Gasteiger partial charge on any atom is 0.142 e. The van der Waals surface area contributed by atoms with E-state index in [4.69, 9.17) is 4.74 Å². The summed E-state index contributed by atoms with van der Waals surface area (Å²) in [7, 11) is 0. The third-order valence-electron chi connectivity index (χ3n) is 2.63. The standard InChI is InChI=1S/C15H26N2O/c1-12(2)7-9-18-14-11-16-8-6-13(14)10-17-15(3,4)5/h6,8,11-12,17H,7,9-10H2,1-5H3. The summed E-state index contributed by atoms with van der Waals surface area (Å²) in [5.74, 6) is 1.56. The van der Waals surface area contributed by atoms with Gasteiger partial charge in [-0.1, -0.05) is 13.8 Å². The number of pyridine rings is 1. The third kappa shape index (κ3) is 6.01. The Hall–Kier alpha value is -1.09. The highest BCUT2D eigenvalue weighted by Gasteiger charge is 2.11. The summed E-state index contributed by atoms with van der Waals surface area (Å²) < 4.78 is 5.81. The van der Waals surface area contributed by atoms with Crippen molar-refractivity contribution >= 4 is 0 Å². The molecule has 0 aliphatic heterocycles. The van der Waals surface area contributed by atoms with Crippen LogP contribution in [0.4, 0.5) is 0 Å². The fourth-order valence-electron chi connectivity index (χ4n) is 1.45. The van der Waals surface area contributed by atoms with Crippen LogP contribution in [0.15, 0.2) is 18.5 Å². The zero-order chi connectivity index (χ0) is 13.6. The average Bonchev–Trinajstić information content (AvgIpc) is 2.26. The van der Waals surface area contributed by atoms with Gasteiger partial charge in [-0.3, -0.25) is 4.98 Å². The molecule has 0 unspecified atom stereocenters. The first-order valence-electron chi connectivity index (χ1n) is 6.69. The molecule has 102 valence electrons. The van der Waals surface area contributed by atoms with Crippen LogP contribution in [0, 0.1) is 5.92 Å². The van der Waals surface area contributed by atoms with Crippen LogP contribution in [-0.2, 0) is 6.54 Å². The van der Waals surface area contributed by atoms with Gasteiger partial charge in [0.2, 0.25) is 0 Å². The normalized spacial score (nSPS) is 11.9. The van der Waals surface area contributed by atoms with E-state index < -0.39 is 0 Å². The van der Waals surface area contributed by atoms with Gasteiger partial charge in [0.25, 0.3) is 0 Å². The Kier molecular flexibility index (Phi) is 5.60. The number of hydrogen-bond acceptors (Lipinski definition) is 3. The van der Waals surface area contributed by atoms with Gasteiger partial charge < -0.3 is 10.1 Å². The fourth-order valence-corrected chi connectivity index (χ4v) is 1.45. The summed E-state index contributed by atoms with van der Waals surface area (Å²) >= 11 is 0. The monoisotopic (exact) mass is 250 g/mol. The fraction of sp³-hybridized carbons (Fsp3) is 0.667. The van der Waals surface area contributed by atoms with Gasteiger partial charge >= 0.3 is 0 Å². The first kappa shape index (κ1) is 15.0. The summed E-state index contributed by atoms with van der Waals surface area (Å²) in [4.78, 5) is 4.13. The second-order valence-corrected chi connectivity index (χ2v) is 6.12. The van der Waals surface area contributed by atoms with Gasteiger partial charge in [0.05, 0.1) is 12.8 Å². The van der Waals surface area contributed by atoms with Crippen molar-refractivity contribution in [2.45, 2.75) is 53.1 Å². The number of rotatable bonds is 6. The van der Waals surface area contributed by atoms with E-state index in [1.165, 1.54) is 5.56 Å². The molecule has 0 spiro atoms. The Morgan fingerprint density at radius 3 is 2.67 bits per heavy atom. The molecule has 0 aliphatic rings. The smallest absolute Gasteiger partial charge is 0.142 e. The molecule has 18 heavy (non-hydrogen) atoms. The van der Waals surface area contributed by atoms with Crippen LogP contribution in [-0.4, -0.2) is 17.1 Å². The lowest BCUT2D eigenvalue weighted by molar-refractivity contribution is 0.284. The minimum atomic E-state index is 0.110. The van der Waals surface area contributed by atoms with Crippen molar-refractivity contribution in [1.29, 1.82) is 0 Å². The van der Waals surface area contributed by atoms with Gasteiger partial charge in [-0.15, -0.1) is 0 Å². The van der Waals surface area contributed by atoms with Gasteiger partial charge in [0.1, 0.15) is 5.75 Å². The predicted octanol–water partition coefficient (Wildman–Crippen LogP) is 3.39. The number of ether oxygens (including phenoxy) is 1. The van der Waals surface area contributed by atoms with Crippen LogP contribution in [0.5, 0.6) is 5.75 Å². The Morgan fingerprint density at radius 1 is 1.33 bits per heavy atom. The van der Waals surface area contributed by atoms with Gasteiger partial charge in [-0.2, -0.15) is 0 Å². The van der Waals surface area contributed by atoms with E-state index in [-0.39, 0.29) is 5.54 Å². The summed E-state index contributed by atoms with van der Waals surface area (Å²) in [6.07, 6.45) is 4.69. The highest BCUT2D eigenvalue weighted by Crippen LogP contribution is 2.18. The van der Waals surface area contributed by atoms with E-state index in [0.29, 0.717) is 5.92 Å². The molecule has 1 heterocycles. The lowest BCUT2D eigenvalue weighted by Gasteiger charge is -2.21. The van der Waals surface area contributed by atoms with E-state index in [1.807, 2.05) is 12.3 Å². The highest BCUT2D eigenvalue weighted by molar-refractivity contribution is 5.29. The van der Waals surface area contributed by atoms with Gasteiger partial charge in [-0.25, -0.2) is 0 Å². The molecular formula is C15H26N2O. The third-order valence-corrected chi connectivity index (χ3v) is 2.63. The van der Waals surface area contributed by atoms with Crippen molar-refractivity contribution in [2.75, 3.05) is 6.61 Å². The molecule has 0 atom stereocenters. The summed E-state index contributed by atoms with van der Waals surface area (Å²) in [5.41, 5.74) is 1.28. The van der Waals surface area contributed by atoms with Gasteiger partial charge in [-0.05, 0) is 39.2 Å². The number of nitrogens with one attached hydrogen (secondary N) is 1. The van der Waals surface area contributed by atoms with Crippen molar-refractivity contribution < 1.29 is 4.74 Å². The molecule has 0 fully saturated rings. The van der Waals surface area contributed by atoms with Crippen LogP contribution >= 0.6 is 0 Å². The molecule has 1 aromatic heterocycles. The molecule has 0 bridgehead atoms. The molecule has 0 aromatic carbocycles. The number of aromatic nitrogens is 1. The Labute approximate surface area is 111 Å². The SMILES string of the molecule is CC(C)CCOc1cnccc1CNC(C)(C)C. The second kappa shape index (κ2) is 6.74. The van der Waals surface area contributed by atoms with Crippen molar-refractivity contribution in [3.05, 3.63) is 24.0 Å². The van der Waals surface area contributed by atoms with Crippen LogP contribution < -0.4 is 10.1 Å². The predicted molar refractivity (Wildman–Crippen MR) is 75.8 cm³/mol. The molecule has 0 radical (unpaired) electrons. The molecule has 1 N–H and O–H groups in total. The van der Waals surface area contributed by atoms with Gasteiger partial charge in [0.15, 0.2) is 0 Å². The minimum absolute atomic E-state index is 0.110. The second-order valence-electron chi connectivity index (χ2n) is 6.12. The van der Waals surface area contributed by atoms with E-state index in [0.717, 1.165) is 25.3 Å². The molecule has 0 aliphatic carbocycles. The maximum atomic E-state index is 5.81. The molecule has 3 heteroatoms. The van der Waals surface area contributed by atoms with Crippen LogP contribution in [0.25, 0.3) is 0 Å². The summed E-state index contributed by atoms with van der Waals surface area (Å²) in [6.45, 7) is 12.5. The molecule has 1 rings (SSSR count). The van der Waals surface area contributed by atoms with Crippen LogP contribution in [0.2, 0.25) is 0 Å². The maximum absolute atomic E-state index is 5.81. The molecule has 0 saturated heterocycles. The first-order valence-corrected chi connectivity index (χ1v) is 6.69. The lowest BCUT2D eigenvalue weighted by atomic mass is 10.1. The zero-order valence-electron chi connectivity index (χ0n) is 12.3. The lowest BCUT2D eigenvalue weighted by Crippen LogP contribution is -2.35. The largest absolute Gasteiger partial charge is 0.492 e. The van der Waals surface area contributed by atoms with E-state index in [1.54, 1.807) is 6.20 Å². The molecule has 0 amide bonds. The Balaban J connectivity index is 2.56. The molecule has 1 aromatic rings. The van der Waals surface area contributed by atoms with Crippen molar-refractivity contribution in [3.63, 3.8) is 0 Å². The molecule has 0 saturated carbocycles.